The Hall–Kier alpha value is -0.600. The van der Waals surface area contributed by atoms with Crippen molar-refractivity contribution < 1.29 is 0 Å². The van der Waals surface area contributed by atoms with Crippen LogP contribution in [0.25, 0.3) is 10.9 Å². The van der Waals surface area contributed by atoms with Crippen LogP contribution in [-0.2, 0) is 5.33 Å². The number of hydrogen-bond donors (Lipinski definition) is 0. The number of pyridine rings is 1. The molecule has 0 spiro atoms. The standard InChI is InChI=1S/C10H7BrClN/c11-6-8-4-7-2-1-3-13-10(7)5-9(8)12/h1-5H,6H2. The van der Waals surface area contributed by atoms with E-state index in [1.165, 1.54) is 0 Å². The molecule has 0 saturated carbocycles. The summed E-state index contributed by atoms with van der Waals surface area (Å²) in [7, 11) is 0. The maximum absolute atomic E-state index is 6.03. The zero-order chi connectivity index (χ0) is 9.26. The van der Waals surface area contributed by atoms with E-state index in [2.05, 4.69) is 27.0 Å². The molecule has 0 fully saturated rings. The second-order valence-corrected chi connectivity index (χ2v) is 3.74. The van der Waals surface area contributed by atoms with E-state index in [1.807, 2.05) is 18.2 Å². The van der Waals surface area contributed by atoms with Gasteiger partial charge in [-0.3, -0.25) is 4.98 Å². The van der Waals surface area contributed by atoms with Gasteiger partial charge in [-0.25, -0.2) is 0 Å². The fourth-order valence-electron chi connectivity index (χ4n) is 1.24. The number of nitrogens with zero attached hydrogens (tertiary/aromatic N) is 1. The van der Waals surface area contributed by atoms with E-state index in [9.17, 15) is 0 Å². The molecule has 1 nitrogen and oxygen atoms in total. The van der Waals surface area contributed by atoms with Crippen LogP contribution in [0.5, 0.6) is 0 Å². The van der Waals surface area contributed by atoms with Crippen molar-refractivity contribution in [2.45, 2.75) is 5.33 Å². The van der Waals surface area contributed by atoms with E-state index >= 15 is 0 Å². The molecule has 0 saturated heterocycles. The minimum Gasteiger partial charge on any atom is -0.256 e. The van der Waals surface area contributed by atoms with Crippen molar-refractivity contribution >= 4 is 38.4 Å². The van der Waals surface area contributed by atoms with E-state index < -0.39 is 0 Å². The first-order valence-corrected chi connectivity index (χ1v) is 5.40. The Morgan fingerprint density at radius 1 is 1.38 bits per heavy atom. The van der Waals surface area contributed by atoms with Gasteiger partial charge in [-0.05, 0) is 23.8 Å². The lowest BCUT2D eigenvalue weighted by Gasteiger charge is -2.02. The van der Waals surface area contributed by atoms with Crippen LogP contribution in [0.4, 0.5) is 0 Å². The number of benzene rings is 1. The Morgan fingerprint density at radius 2 is 2.23 bits per heavy atom. The summed E-state index contributed by atoms with van der Waals surface area (Å²) in [5.41, 5.74) is 2.04. The van der Waals surface area contributed by atoms with Crippen molar-refractivity contribution in [2.75, 3.05) is 0 Å². The van der Waals surface area contributed by atoms with Gasteiger partial charge in [0, 0.05) is 21.9 Å². The Balaban J connectivity index is 2.74. The monoisotopic (exact) mass is 255 g/mol. The first-order valence-electron chi connectivity index (χ1n) is 3.90. The van der Waals surface area contributed by atoms with Gasteiger partial charge in [0.2, 0.25) is 0 Å². The highest BCUT2D eigenvalue weighted by molar-refractivity contribution is 9.08. The molecule has 3 heteroatoms. The third-order valence-corrected chi connectivity index (χ3v) is 2.87. The normalized spacial score (nSPS) is 10.6. The highest BCUT2D eigenvalue weighted by Crippen LogP contribution is 2.24. The lowest BCUT2D eigenvalue weighted by atomic mass is 10.1. The molecule has 0 aliphatic carbocycles. The lowest BCUT2D eigenvalue weighted by Crippen LogP contribution is -1.83. The molecule has 1 heterocycles. The summed E-state index contributed by atoms with van der Waals surface area (Å²) in [4.78, 5) is 4.22. The maximum Gasteiger partial charge on any atom is 0.0716 e. The summed E-state index contributed by atoms with van der Waals surface area (Å²) in [6.07, 6.45) is 1.77. The summed E-state index contributed by atoms with van der Waals surface area (Å²) >= 11 is 9.42. The van der Waals surface area contributed by atoms with Crippen LogP contribution in [0, 0.1) is 0 Å². The Bertz CT molecular complexity index is 442. The smallest absolute Gasteiger partial charge is 0.0716 e. The molecule has 66 valence electrons. The molecule has 0 radical (unpaired) electrons. The van der Waals surface area contributed by atoms with Gasteiger partial charge in [0.25, 0.3) is 0 Å². The number of hydrogen-bond acceptors (Lipinski definition) is 1. The minimum atomic E-state index is 0.767. The fourth-order valence-corrected chi connectivity index (χ4v) is 2.09. The molecule has 2 rings (SSSR count). The van der Waals surface area contributed by atoms with Crippen LogP contribution >= 0.6 is 27.5 Å². The summed E-state index contributed by atoms with van der Waals surface area (Å²) in [5.74, 6) is 0. The number of rotatable bonds is 1. The topological polar surface area (TPSA) is 12.9 Å². The molecule has 0 bridgehead atoms. The van der Waals surface area contributed by atoms with Crippen molar-refractivity contribution in [3.8, 4) is 0 Å². The molecule has 0 unspecified atom stereocenters. The number of fused-ring (bicyclic) bond motifs is 1. The predicted molar refractivity (Wildman–Crippen MR) is 59.4 cm³/mol. The zero-order valence-corrected chi connectivity index (χ0v) is 9.14. The summed E-state index contributed by atoms with van der Waals surface area (Å²) in [6, 6.07) is 7.91. The molecule has 0 aliphatic heterocycles. The summed E-state index contributed by atoms with van der Waals surface area (Å²) < 4.78 is 0. The predicted octanol–water partition coefficient (Wildman–Crippen LogP) is 3.78. The van der Waals surface area contributed by atoms with Crippen molar-refractivity contribution in [3.05, 3.63) is 41.0 Å². The number of halogens is 2. The summed E-state index contributed by atoms with van der Waals surface area (Å²) in [5, 5.41) is 2.67. The third-order valence-electron chi connectivity index (χ3n) is 1.92. The minimum absolute atomic E-state index is 0.767. The van der Waals surface area contributed by atoms with Crippen LogP contribution in [0.15, 0.2) is 30.5 Å². The van der Waals surface area contributed by atoms with Gasteiger partial charge < -0.3 is 0 Å². The molecule has 13 heavy (non-hydrogen) atoms. The molecule has 0 N–H and O–H groups in total. The second-order valence-electron chi connectivity index (χ2n) is 2.77. The Morgan fingerprint density at radius 3 is 3.00 bits per heavy atom. The zero-order valence-electron chi connectivity index (χ0n) is 6.80. The highest BCUT2D eigenvalue weighted by atomic mass is 79.9. The van der Waals surface area contributed by atoms with E-state index in [0.29, 0.717) is 0 Å². The van der Waals surface area contributed by atoms with Crippen LogP contribution < -0.4 is 0 Å². The quantitative estimate of drug-likeness (QED) is 0.708. The number of aromatic nitrogens is 1. The second kappa shape index (κ2) is 3.64. The number of alkyl halides is 1. The Kier molecular flexibility index (Phi) is 2.51. The van der Waals surface area contributed by atoms with Crippen molar-refractivity contribution in [2.24, 2.45) is 0 Å². The first-order chi connectivity index (χ1) is 6.31. The molecule has 2 aromatic rings. The van der Waals surface area contributed by atoms with Gasteiger partial charge in [0.05, 0.1) is 5.52 Å². The van der Waals surface area contributed by atoms with E-state index in [1.54, 1.807) is 6.20 Å². The van der Waals surface area contributed by atoms with Gasteiger partial charge in [-0.1, -0.05) is 33.6 Å². The fraction of sp³-hybridized carbons (Fsp3) is 0.100. The molecule has 0 amide bonds. The molecule has 1 aromatic heterocycles. The van der Waals surface area contributed by atoms with Crippen molar-refractivity contribution in [3.63, 3.8) is 0 Å². The van der Waals surface area contributed by atoms with Crippen LogP contribution in [0.2, 0.25) is 5.02 Å². The highest BCUT2D eigenvalue weighted by Gasteiger charge is 2.01. The molecular weight excluding hydrogens is 249 g/mol. The third kappa shape index (κ3) is 1.69. The summed E-state index contributed by atoms with van der Waals surface area (Å²) in [6.45, 7) is 0. The maximum atomic E-state index is 6.03. The molecular formula is C10H7BrClN. The van der Waals surface area contributed by atoms with E-state index in [0.717, 1.165) is 26.8 Å². The van der Waals surface area contributed by atoms with E-state index in [4.69, 9.17) is 11.6 Å². The van der Waals surface area contributed by atoms with Crippen molar-refractivity contribution in [1.82, 2.24) is 4.98 Å². The molecule has 0 aliphatic rings. The first kappa shape index (κ1) is 8.97. The van der Waals surface area contributed by atoms with Gasteiger partial charge >= 0.3 is 0 Å². The van der Waals surface area contributed by atoms with Crippen LogP contribution in [0.1, 0.15) is 5.56 Å². The lowest BCUT2D eigenvalue weighted by molar-refractivity contribution is 1.39. The van der Waals surface area contributed by atoms with Gasteiger partial charge in [0.15, 0.2) is 0 Å². The average molecular weight is 257 g/mol. The van der Waals surface area contributed by atoms with Crippen LogP contribution in [0.3, 0.4) is 0 Å². The van der Waals surface area contributed by atoms with E-state index in [-0.39, 0.29) is 0 Å². The Labute approximate surface area is 89.9 Å². The van der Waals surface area contributed by atoms with Gasteiger partial charge in [-0.2, -0.15) is 0 Å². The van der Waals surface area contributed by atoms with Gasteiger partial charge in [-0.15, -0.1) is 0 Å². The molecule has 0 atom stereocenters. The van der Waals surface area contributed by atoms with Gasteiger partial charge in [0.1, 0.15) is 0 Å². The van der Waals surface area contributed by atoms with Crippen molar-refractivity contribution in [1.29, 1.82) is 0 Å². The van der Waals surface area contributed by atoms with Crippen LogP contribution in [-0.4, -0.2) is 4.98 Å². The molecule has 1 aromatic carbocycles. The average Bonchev–Trinajstić information content (AvgIpc) is 2.17. The SMILES string of the molecule is Clc1cc2ncccc2cc1CBr. The largest absolute Gasteiger partial charge is 0.256 e.